The topological polar surface area (TPSA) is 24.1 Å². The smallest absolute Gasteiger partial charge is 0.00412 e. The van der Waals surface area contributed by atoms with Crippen LogP contribution in [-0.2, 0) is 0 Å². The summed E-state index contributed by atoms with van der Waals surface area (Å²) < 4.78 is 0. The lowest BCUT2D eigenvalue weighted by Gasteiger charge is -2.25. The Morgan fingerprint density at radius 3 is 0.938 bits per heavy atom. The highest BCUT2D eigenvalue weighted by atomic mass is 14.9. The first-order valence-corrected chi connectivity index (χ1v) is 7.10. The summed E-state index contributed by atoms with van der Waals surface area (Å²) in [6.07, 6.45) is 8.29. The Hall–Kier alpha value is -0.0800. The molecule has 2 saturated heterocycles. The van der Waals surface area contributed by atoms with Crippen molar-refractivity contribution in [2.75, 3.05) is 0 Å². The fourth-order valence-electron chi connectivity index (χ4n) is 2.77. The van der Waals surface area contributed by atoms with Crippen LogP contribution < -0.4 is 10.6 Å². The minimum Gasteiger partial charge on any atom is -0.312 e. The van der Waals surface area contributed by atoms with Crippen LogP contribution in [0.4, 0.5) is 0 Å². The molecule has 0 saturated carbocycles. The molecule has 0 spiro atoms. The van der Waals surface area contributed by atoms with Gasteiger partial charge in [0, 0.05) is 24.2 Å². The van der Waals surface area contributed by atoms with Gasteiger partial charge in [-0.05, 0) is 53.4 Å². The Balaban J connectivity index is 0.000000160. The van der Waals surface area contributed by atoms with Gasteiger partial charge in [-0.1, -0.05) is 12.8 Å². The van der Waals surface area contributed by atoms with Crippen LogP contribution in [0.3, 0.4) is 0 Å². The molecule has 2 N–H and O–H groups in total. The molecule has 0 aromatic carbocycles. The molecule has 0 amide bonds. The van der Waals surface area contributed by atoms with Gasteiger partial charge in [0.1, 0.15) is 0 Å². The number of hydrogen-bond acceptors (Lipinski definition) is 2. The van der Waals surface area contributed by atoms with Crippen LogP contribution in [-0.4, -0.2) is 24.2 Å². The molecular weight excluding hydrogens is 196 g/mol. The van der Waals surface area contributed by atoms with Gasteiger partial charge in [-0.15, -0.1) is 0 Å². The van der Waals surface area contributed by atoms with Gasteiger partial charge in [-0.25, -0.2) is 0 Å². The normalized spacial score (nSPS) is 39.8. The minimum absolute atomic E-state index is 0.763. The zero-order chi connectivity index (χ0) is 12.0. The maximum Gasteiger partial charge on any atom is 0.00412 e. The average molecular weight is 226 g/mol. The summed E-state index contributed by atoms with van der Waals surface area (Å²) >= 11 is 0. The molecule has 0 aromatic heterocycles. The molecule has 96 valence electrons. The first-order valence-electron chi connectivity index (χ1n) is 7.10. The van der Waals surface area contributed by atoms with Crippen LogP contribution in [0.25, 0.3) is 0 Å². The number of rotatable bonds is 0. The molecule has 4 atom stereocenters. The average Bonchev–Trinajstić information content (AvgIpc) is 2.17. The van der Waals surface area contributed by atoms with Gasteiger partial charge < -0.3 is 10.6 Å². The number of nitrogens with one attached hydrogen (secondary N) is 2. The first kappa shape index (κ1) is 14.0. The van der Waals surface area contributed by atoms with E-state index < -0.39 is 0 Å². The predicted molar refractivity (Wildman–Crippen MR) is 71.8 cm³/mol. The fraction of sp³-hybridized carbons (Fsp3) is 1.00. The van der Waals surface area contributed by atoms with Crippen LogP contribution in [0.5, 0.6) is 0 Å². The van der Waals surface area contributed by atoms with Crippen molar-refractivity contribution in [3.8, 4) is 0 Å². The number of piperidine rings is 2. The molecule has 2 heteroatoms. The van der Waals surface area contributed by atoms with E-state index in [9.17, 15) is 0 Å². The summed E-state index contributed by atoms with van der Waals surface area (Å²) in [6, 6.07) is 3.05. The monoisotopic (exact) mass is 226 g/mol. The van der Waals surface area contributed by atoms with Crippen molar-refractivity contribution >= 4 is 0 Å². The molecule has 0 aromatic rings. The Kier molecular flexibility index (Phi) is 6.37. The summed E-state index contributed by atoms with van der Waals surface area (Å²) in [7, 11) is 0. The molecule has 0 radical (unpaired) electrons. The van der Waals surface area contributed by atoms with E-state index in [1.54, 1.807) is 0 Å². The molecule has 2 nitrogen and oxygen atoms in total. The highest BCUT2D eigenvalue weighted by molar-refractivity contribution is 4.74. The van der Waals surface area contributed by atoms with Crippen LogP contribution >= 0.6 is 0 Å². The summed E-state index contributed by atoms with van der Waals surface area (Å²) in [5, 5.41) is 6.96. The van der Waals surface area contributed by atoms with Crippen molar-refractivity contribution in [3.63, 3.8) is 0 Å². The zero-order valence-electron chi connectivity index (χ0n) is 11.6. The second kappa shape index (κ2) is 7.29. The highest BCUT2D eigenvalue weighted by Crippen LogP contribution is 2.11. The van der Waals surface area contributed by atoms with Crippen LogP contribution in [0.2, 0.25) is 0 Å². The lowest BCUT2D eigenvalue weighted by molar-refractivity contribution is 0.352. The third-order valence-electron chi connectivity index (χ3n) is 3.69. The van der Waals surface area contributed by atoms with E-state index in [1.807, 2.05) is 0 Å². The second-order valence-corrected chi connectivity index (χ2v) is 5.80. The number of hydrogen-bond donors (Lipinski definition) is 2. The molecule has 2 fully saturated rings. The molecule has 16 heavy (non-hydrogen) atoms. The first-order chi connectivity index (χ1) is 7.58. The van der Waals surface area contributed by atoms with E-state index in [1.165, 1.54) is 38.5 Å². The molecule has 2 aliphatic heterocycles. The Morgan fingerprint density at radius 2 is 0.812 bits per heavy atom. The fourth-order valence-corrected chi connectivity index (χ4v) is 2.77. The molecule has 2 rings (SSSR count). The van der Waals surface area contributed by atoms with E-state index in [2.05, 4.69) is 38.3 Å². The lowest BCUT2D eigenvalue weighted by atomic mass is 10.0. The SMILES string of the molecule is CC1CCCC(C)N1.CC1CCCC(C)N1. The van der Waals surface area contributed by atoms with Crippen LogP contribution in [0.15, 0.2) is 0 Å². The Bertz CT molecular complexity index is 146. The van der Waals surface area contributed by atoms with E-state index in [4.69, 9.17) is 0 Å². The van der Waals surface area contributed by atoms with Gasteiger partial charge in [0.15, 0.2) is 0 Å². The van der Waals surface area contributed by atoms with Crippen molar-refractivity contribution in [2.24, 2.45) is 0 Å². The third kappa shape index (κ3) is 5.86. The van der Waals surface area contributed by atoms with Crippen molar-refractivity contribution < 1.29 is 0 Å². The van der Waals surface area contributed by atoms with Crippen LogP contribution in [0, 0.1) is 0 Å². The minimum atomic E-state index is 0.763. The quantitative estimate of drug-likeness (QED) is 0.663. The third-order valence-corrected chi connectivity index (χ3v) is 3.69. The van der Waals surface area contributed by atoms with Gasteiger partial charge in [-0.2, -0.15) is 0 Å². The molecule has 0 bridgehead atoms. The standard InChI is InChI=1S/2C7H15N/c2*1-6-4-3-5-7(2)8-6/h2*6-8H,3-5H2,1-2H3. The second-order valence-electron chi connectivity index (χ2n) is 5.80. The van der Waals surface area contributed by atoms with Crippen molar-refractivity contribution in [1.29, 1.82) is 0 Å². The van der Waals surface area contributed by atoms with Crippen molar-refractivity contribution in [2.45, 2.75) is 90.4 Å². The Morgan fingerprint density at radius 1 is 0.562 bits per heavy atom. The summed E-state index contributed by atoms with van der Waals surface area (Å²) in [5.74, 6) is 0. The van der Waals surface area contributed by atoms with Gasteiger partial charge >= 0.3 is 0 Å². The summed E-state index contributed by atoms with van der Waals surface area (Å²) in [6.45, 7) is 9.04. The molecular formula is C14H30N2. The summed E-state index contributed by atoms with van der Waals surface area (Å²) in [4.78, 5) is 0. The maximum absolute atomic E-state index is 3.48. The highest BCUT2D eigenvalue weighted by Gasteiger charge is 2.12. The molecule has 4 unspecified atom stereocenters. The molecule has 2 heterocycles. The summed E-state index contributed by atoms with van der Waals surface area (Å²) in [5.41, 5.74) is 0. The van der Waals surface area contributed by atoms with E-state index in [-0.39, 0.29) is 0 Å². The molecule has 0 aliphatic carbocycles. The largest absolute Gasteiger partial charge is 0.312 e. The van der Waals surface area contributed by atoms with E-state index in [0.717, 1.165) is 24.2 Å². The van der Waals surface area contributed by atoms with Gasteiger partial charge in [0.2, 0.25) is 0 Å². The van der Waals surface area contributed by atoms with Crippen molar-refractivity contribution in [3.05, 3.63) is 0 Å². The van der Waals surface area contributed by atoms with Crippen LogP contribution in [0.1, 0.15) is 66.2 Å². The Labute approximate surface area is 102 Å². The van der Waals surface area contributed by atoms with Gasteiger partial charge in [-0.3, -0.25) is 0 Å². The van der Waals surface area contributed by atoms with Gasteiger partial charge in [0.05, 0.1) is 0 Å². The van der Waals surface area contributed by atoms with E-state index in [0.29, 0.717) is 0 Å². The molecule has 2 aliphatic rings. The zero-order valence-corrected chi connectivity index (χ0v) is 11.6. The van der Waals surface area contributed by atoms with E-state index >= 15 is 0 Å². The lowest BCUT2D eigenvalue weighted by Crippen LogP contribution is -2.38. The van der Waals surface area contributed by atoms with Gasteiger partial charge in [0.25, 0.3) is 0 Å². The maximum atomic E-state index is 3.48. The van der Waals surface area contributed by atoms with Crippen molar-refractivity contribution in [1.82, 2.24) is 10.6 Å². The predicted octanol–water partition coefficient (Wildman–Crippen LogP) is 3.07.